The van der Waals surface area contributed by atoms with Crippen molar-refractivity contribution in [2.24, 2.45) is 0 Å². The molecule has 0 bridgehead atoms. The molecule has 0 fully saturated rings. The molecule has 8 nitrogen and oxygen atoms in total. The summed E-state index contributed by atoms with van der Waals surface area (Å²) in [6.45, 7) is 3.00. The van der Waals surface area contributed by atoms with Crippen LogP contribution in [0.15, 0.2) is 30.3 Å². The molecule has 0 aromatic heterocycles. The molecule has 0 aliphatic rings. The van der Waals surface area contributed by atoms with Crippen LogP contribution in [0.4, 0.5) is 0 Å². The van der Waals surface area contributed by atoms with E-state index in [-0.39, 0.29) is 25.8 Å². The summed E-state index contributed by atoms with van der Waals surface area (Å²) in [5, 5.41) is 0. The highest BCUT2D eigenvalue weighted by atomic mass is 31.2. The zero-order chi connectivity index (χ0) is 30.9. The lowest BCUT2D eigenvalue weighted by atomic mass is 10.0. The molecule has 2 atom stereocenters. The van der Waals surface area contributed by atoms with Gasteiger partial charge in [-0.2, -0.15) is 0 Å². The van der Waals surface area contributed by atoms with Crippen molar-refractivity contribution in [3.8, 4) is 0 Å². The summed E-state index contributed by atoms with van der Waals surface area (Å²) in [5.41, 5.74) is 0.984. The Balaban J connectivity index is 2.26. The number of carbonyl (C=O) groups is 1. The highest BCUT2D eigenvalue weighted by Crippen LogP contribution is 2.43. The summed E-state index contributed by atoms with van der Waals surface area (Å²) >= 11 is 0. The third-order valence-corrected chi connectivity index (χ3v) is 8.12. The number of ether oxygens (including phenoxy) is 2. The number of unbranched alkanes of at least 4 members (excludes halogenated alkanes) is 14. The van der Waals surface area contributed by atoms with E-state index >= 15 is 0 Å². The van der Waals surface area contributed by atoms with Crippen molar-refractivity contribution in [3.63, 3.8) is 0 Å². The third kappa shape index (κ3) is 24.2. The van der Waals surface area contributed by atoms with Gasteiger partial charge in [-0.1, -0.05) is 127 Å². The molecule has 0 heterocycles. The number of carbonyl (C=O) groups excluding carboxylic acids is 1. The van der Waals surface area contributed by atoms with Gasteiger partial charge in [-0.25, -0.2) is 4.57 Å². The molecule has 9 heteroatoms. The molecule has 1 N–H and O–H groups in total. The number of phosphoric acid groups is 1. The molecule has 1 rings (SSSR count). The number of hydrogen-bond donors (Lipinski definition) is 1. The van der Waals surface area contributed by atoms with E-state index in [4.69, 9.17) is 18.5 Å². The molecule has 244 valence electrons. The maximum absolute atomic E-state index is 12.5. The van der Waals surface area contributed by atoms with Crippen LogP contribution in [0, 0.1) is 0 Å². The van der Waals surface area contributed by atoms with Crippen LogP contribution < -0.4 is 0 Å². The summed E-state index contributed by atoms with van der Waals surface area (Å²) in [4.78, 5) is 22.6. The van der Waals surface area contributed by atoms with Crippen LogP contribution in [0.2, 0.25) is 0 Å². The van der Waals surface area contributed by atoms with E-state index in [9.17, 15) is 14.3 Å². The Morgan fingerprint density at radius 3 is 1.83 bits per heavy atom. The van der Waals surface area contributed by atoms with E-state index in [2.05, 4.69) is 6.92 Å². The lowest BCUT2D eigenvalue weighted by Gasteiger charge is -2.24. The second-order valence-electron chi connectivity index (χ2n) is 12.4. The van der Waals surface area contributed by atoms with Gasteiger partial charge in [-0.3, -0.25) is 13.8 Å². The van der Waals surface area contributed by atoms with Gasteiger partial charge >= 0.3 is 13.8 Å². The Labute approximate surface area is 256 Å². The number of hydrogen-bond acceptors (Lipinski definition) is 6. The molecule has 0 aliphatic heterocycles. The fourth-order valence-electron chi connectivity index (χ4n) is 4.53. The quantitative estimate of drug-likeness (QED) is 0.0440. The van der Waals surface area contributed by atoms with Gasteiger partial charge in [0, 0.05) is 6.42 Å². The Bertz CT molecular complexity index is 831. The van der Waals surface area contributed by atoms with E-state index in [1.54, 1.807) is 0 Å². The van der Waals surface area contributed by atoms with E-state index in [1.807, 2.05) is 51.5 Å². The number of esters is 1. The van der Waals surface area contributed by atoms with Gasteiger partial charge in [0.25, 0.3) is 0 Å². The Morgan fingerprint density at radius 1 is 0.786 bits per heavy atom. The molecule has 0 saturated heterocycles. The molecule has 0 radical (unpaired) electrons. The predicted molar refractivity (Wildman–Crippen MR) is 170 cm³/mol. The Kier molecular flexibility index (Phi) is 22.2. The summed E-state index contributed by atoms with van der Waals surface area (Å²) in [6.07, 6.45) is 18.5. The smallest absolute Gasteiger partial charge is 0.457 e. The number of benzene rings is 1. The van der Waals surface area contributed by atoms with Gasteiger partial charge in [-0.15, -0.1) is 0 Å². The van der Waals surface area contributed by atoms with Crippen molar-refractivity contribution in [1.29, 1.82) is 0 Å². The Morgan fingerprint density at radius 2 is 1.31 bits per heavy atom. The van der Waals surface area contributed by atoms with Crippen molar-refractivity contribution < 1.29 is 37.3 Å². The number of phosphoric ester groups is 1. The van der Waals surface area contributed by atoms with Crippen molar-refractivity contribution in [1.82, 2.24) is 0 Å². The van der Waals surface area contributed by atoms with Gasteiger partial charge in [-0.05, 0) is 12.0 Å². The molecular formula is C33H61NO7P+. The number of quaternary nitrogens is 1. The average Bonchev–Trinajstić information content (AvgIpc) is 2.93. The lowest BCUT2D eigenvalue weighted by molar-refractivity contribution is -0.870. The number of nitrogens with zero attached hydrogens (tertiary/aromatic N) is 1. The minimum Gasteiger partial charge on any atom is -0.457 e. The number of rotatable bonds is 28. The molecule has 1 unspecified atom stereocenters. The normalized spacial score (nSPS) is 14.0. The molecule has 42 heavy (non-hydrogen) atoms. The molecule has 0 amide bonds. The summed E-state index contributed by atoms with van der Waals surface area (Å²) in [6, 6.07) is 9.66. The monoisotopic (exact) mass is 614 g/mol. The second-order valence-corrected chi connectivity index (χ2v) is 13.9. The zero-order valence-electron chi connectivity index (χ0n) is 27.1. The van der Waals surface area contributed by atoms with Gasteiger partial charge in [0.2, 0.25) is 0 Å². The Hall–Kier alpha value is -1.28. The highest BCUT2D eigenvalue weighted by Gasteiger charge is 2.26. The summed E-state index contributed by atoms with van der Waals surface area (Å²) in [7, 11) is 1.61. The first-order chi connectivity index (χ1) is 20.1. The summed E-state index contributed by atoms with van der Waals surface area (Å²) in [5.74, 6) is -0.347. The van der Waals surface area contributed by atoms with E-state index in [0.717, 1.165) is 24.8 Å². The van der Waals surface area contributed by atoms with E-state index in [0.29, 0.717) is 24.1 Å². The number of likely N-dealkylation sites (N-methyl/N-ethyl adjacent to an activating group) is 1. The van der Waals surface area contributed by atoms with Crippen LogP contribution in [0.1, 0.15) is 115 Å². The average molecular weight is 615 g/mol. The van der Waals surface area contributed by atoms with Gasteiger partial charge in [0.15, 0.2) is 0 Å². The first kappa shape index (κ1) is 38.7. The van der Waals surface area contributed by atoms with Gasteiger partial charge in [0.1, 0.15) is 19.3 Å². The minimum absolute atomic E-state index is 0.0539. The maximum atomic E-state index is 12.5. The van der Waals surface area contributed by atoms with Crippen LogP contribution in [-0.4, -0.2) is 69.0 Å². The molecule has 1 aromatic carbocycles. The minimum atomic E-state index is -4.28. The van der Waals surface area contributed by atoms with Crippen molar-refractivity contribution in [2.75, 3.05) is 47.5 Å². The fraction of sp³-hybridized carbons (Fsp3) is 0.788. The van der Waals surface area contributed by atoms with Crippen LogP contribution in [0.3, 0.4) is 0 Å². The molecular weight excluding hydrogens is 553 g/mol. The maximum Gasteiger partial charge on any atom is 0.472 e. The van der Waals surface area contributed by atoms with Crippen LogP contribution in [-0.2, 0) is 34.5 Å². The van der Waals surface area contributed by atoms with Crippen LogP contribution >= 0.6 is 7.82 Å². The largest absolute Gasteiger partial charge is 0.472 e. The molecule has 0 aliphatic carbocycles. The van der Waals surface area contributed by atoms with E-state index in [1.165, 1.54) is 77.0 Å². The standard InChI is InChI=1S/C33H60NO7P/c1-5-6-7-8-9-10-11-12-13-14-15-16-17-18-22-25-33(35)41-32(29-38-28-31-23-20-19-21-24-31)30-40-42(36,37)39-27-26-34(2,3)4/h19-21,23-24,32H,5-18,22,25-30H2,1-4H3/p+1/t32-/m1/s1. The van der Waals surface area contributed by atoms with Crippen LogP contribution in [0.25, 0.3) is 0 Å². The topological polar surface area (TPSA) is 91.3 Å². The lowest BCUT2D eigenvalue weighted by Crippen LogP contribution is -2.37. The van der Waals surface area contributed by atoms with Gasteiger partial charge < -0.3 is 18.9 Å². The van der Waals surface area contributed by atoms with Crippen molar-refractivity contribution in [2.45, 2.75) is 122 Å². The van der Waals surface area contributed by atoms with Crippen molar-refractivity contribution >= 4 is 13.8 Å². The van der Waals surface area contributed by atoms with E-state index < -0.39 is 13.9 Å². The van der Waals surface area contributed by atoms with Gasteiger partial charge in [0.05, 0.1) is 41.0 Å². The SMILES string of the molecule is CCCCCCCCCCCCCCCCCC(=O)O[C@H](COCc1ccccc1)COP(=O)(O)OCC[N+](C)(C)C. The first-order valence-electron chi connectivity index (χ1n) is 16.3. The first-order valence-corrected chi connectivity index (χ1v) is 17.8. The molecule has 1 aromatic rings. The summed E-state index contributed by atoms with van der Waals surface area (Å²) < 4.78 is 34.5. The third-order valence-electron chi connectivity index (χ3n) is 7.14. The predicted octanol–water partition coefficient (Wildman–Crippen LogP) is 8.22. The molecule has 0 saturated carbocycles. The second kappa shape index (κ2) is 24.1. The fourth-order valence-corrected chi connectivity index (χ4v) is 5.27. The van der Waals surface area contributed by atoms with Crippen molar-refractivity contribution in [3.05, 3.63) is 35.9 Å². The molecule has 0 spiro atoms. The highest BCUT2D eigenvalue weighted by molar-refractivity contribution is 7.47. The zero-order valence-corrected chi connectivity index (χ0v) is 28.0. The van der Waals surface area contributed by atoms with Crippen LogP contribution in [0.5, 0.6) is 0 Å².